The average Bonchev–Trinajstić information content (AvgIpc) is 1.49. The number of fused-ring (bicyclic) bond motifs is 3. The molecule has 12 amide bonds. The van der Waals surface area contributed by atoms with Gasteiger partial charge in [0.2, 0.25) is 70.9 Å². The van der Waals surface area contributed by atoms with Crippen LogP contribution in [0.15, 0.2) is 12.2 Å². The fourth-order valence-electron chi connectivity index (χ4n) is 18.0. The van der Waals surface area contributed by atoms with Crippen LogP contribution in [0.5, 0.6) is 0 Å². The number of carbonyl (C=O) groups is 12. The number of methoxy groups -OCH3 is 1. The molecule has 4 aliphatic carbocycles. The number of hydrogen-bond donors (Lipinski definition) is 3. The van der Waals surface area contributed by atoms with Crippen molar-refractivity contribution in [3.05, 3.63) is 12.2 Å². The predicted molar refractivity (Wildman–Crippen MR) is 396 cm³/mol. The molecule has 31 heteroatoms. The van der Waals surface area contributed by atoms with Crippen LogP contribution >= 0.6 is 0 Å². The fraction of sp³-hybridized carbons (Fsp3) is 0.821. The van der Waals surface area contributed by atoms with Crippen LogP contribution in [-0.2, 0) is 67.0 Å². The minimum Gasteiger partial charge on any atom is -0.383 e. The Morgan fingerprint density at radius 2 is 1.33 bits per heavy atom. The van der Waals surface area contributed by atoms with Crippen molar-refractivity contribution in [3.63, 3.8) is 0 Å². The van der Waals surface area contributed by atoms with Gasteiger partial charge in [-0.2, -0.15) is 13.2 Å². The van der Waals surface area contributed by atoms with E-state index in [1.807, 2.05) is 33.8 Å². The molecule has 0 aromatic carbocycles. The fourth-order valence-corrected chi connectivity index (χ4v) is 18.0. The number of amides is 12. The van der Waals surface area contributed by atoms with E-state index >= 15 is 42.3 Å². The van der Waals surface area contributed by atoms with Crippen LogP contribution in [0.4, 0.5) is 22.0 Å². The topological polar surface area (TPSA) is 289 Å². The number of halogens is 5. The Bertz CT molecular complexity index is 3220. The summed E-state index contributed by atoms with van der Waals surface area (Å²) < 4.78 is 84.7. The van der Waals surface area contributed by atoms with E-state index in [-0.39, 0.29) is 96.1 Å². The van der Waals surface area contributed by atoms with Crippen molar-refractivity contribution in [1.29, 1.82) is 0 Å². The smallest absolute Gasteiger partial charge is 0.383 e. The summed E-state index contributed by atoms with van der Waals surface area (Å²) in [4.78, 5) is 194. The Balaban J connectivity index is 1.35. The van der Waals surface area contributed by atoms with Crippen molar-refractivity contribution in [2.75, 3.05) is 102 Å². The molecule has 616 valence electrons. The third-order valence-corrected chi connectivity index (χ3v) is 24.0. The second-order valence-corrected chi connectivity index (χ2v) is 33.7. The lowest BCUT2D eigenvalue weighted by Gasteiger charge is -2.54. The van der Waals surface area contributed by atoms with E-state index in [0.717, 1.165) is 35.5 Å². The first-order valence-electron chi connectivity index (χ1n) is 39.6. The van der Waals surface area contributed by atoms with Crippen LogP contribution in [-0.4, -0.2) is 296 Å². The third kappa shape index (κ3) is 22.4. The van der Waals surface area contributed by atoms with E-state index in [4.69, 9.17) is 9.47 Å². The normalized spacial score (nSPS) is 31.8. The van der Waals surface area contributed by atoms with Gasteiger partial charge < -0.3 is 69.5 Å². The zero-order valence-electron chi connectivity index (χ0n) is 67.1. The van der Waals surface area contributed by atoms with E-state index in [2.05, 4.69) is 22.9 Å². The van der Waals surface area contributed by atoms with Gasteiger partial charge in [0.1, 0.15) is 72.1 Å². The second kappa shape index (κ2) is 38.9. The quantitative estimate of drug-likeness (QED) is 0.114. The molecule has 6 fully saturated rings. The monoisotopic (exact) mass is 1550 g/mol. The minimum absolute atomic E-state index is 0.00503. The molecular weight excluding hydrogens is 1420 g/mol. The maximum Gasteiger partial charge on any atom is 0.397 e. The molecule has 2 saturated heterocycles. The number of nitrogens with zero attached hydrogens (tertiary/aromatic N) is 9. The Morgan fingerprint density at radius 3 is 1.91 bits per heavy atom. The highest BCUT2D eigenvalue weighted by molar-refractivity contribution is 6.01. The summed E-state index contributed by atoms with van der Waals surface area (Å²) in [5, 5.41) is 8.66. The number of carbonyl (C=O) groups excluding carboxylic acids is 12. The van der Waals surface area contributed by atoms with Gasteiger partial charge in [-0.05, 0) is 125 Å². The zero-order chi connectivity index (χ0) is 80.9. The largest absolute Gasteiger partial charge is 0.397 e. The van der Waals surface area contributed by atoms with Crippen molar-refractivity contribution >= 4 is 70.9 Å². The van der Waals surface area contributed by atoms with E-state index in [9.17, 15) is 37.1 Å². The number of hydrogen-bond acceptors (Lipinski definition) is 14. The Labute approximate surface area is 641 Å². The van der Waals surface area contributed by atoms with Gasteiger partial charge in [-0.15, -0.1) is 0 Å². The molecule has 2 bridgehead atoms. The molecule has 26 nitrogen and oxygen atoms in total. The Hall–Kier alpha value is -7.05. The van der Waals surface area contributed by atoms with Crippen LogP contribution in [0, 0.1) is 40.9 Å². The van der Waals surface area contributed by atoms with Crippen molar-refractivity contribution in [2.45, 2.75) is 268 Å². The summed E-state index contributed by atoms with van der Waals surface area (Å²) in [7, 11) is 11.3. The van der Waals surface area contributed by atoms with Gasteiger partial charge >= 0.3 is 6.18 Å². The summed E-state index contributed by atoms with van der Waals surface area (Å²) in [6, 6.07) is -10.8. The number of ether oxygens (including phenoxy) is 2. The highest BCUT2D eigenvalue weighted by Gasteiger charge is 2.60. The third-order valence-electron chi connectivity index (χ3n) is 24.0. The first kappa shape index (κ1) is 89.2. The molecule has 3 heterocycles. The SMILES string of the molecule is CCC[C@H]1C(=O)N[C@@H](CC(C)C)C(=O)N(CCOC)CC(=O)N(C)[C@H]2C/C=C\CCN(C2=O)[C@@H](CC2CCC(C)CC2)C(=O)N(C)CC(=O)N[C@@H](CCC2CC(F)C(C(F)(F)F)C(F)C2)C(=O)N2C[C@H](OCC)C[C@H]2C(=O)NC2(CC(C)(C)C2)C(=O)N(C)[C@@H](C2CCCC2)C(=O)N(C)[C@H](C(=O)N(C)C)CC(=O)N1C. The van der Waals surface area contributed by atoms with E-state index in [1.165, 1.54) is 90.7 Å². The van der Waals surface area contributed by atoms with Crippen molar-refractivity contribution in [1.82, 2.24) is 60.0 Å². The Kier molecular flexibility index (Phi) is 31.8. The van der Waals surface area contributed by atoms with Crippen LogP contribution in [0.1, 0.15) is 190 Å². The molecular formula is C78H125F5N12O14. The predicted octanol–water partition coefficient (Wildman–Crippen LogP) is 6.22. The first-order chi connectivity index (χ1) is 51.2. The molecule has 7 rings (SSSR count). The number of alkyl halides is 5. The van der Waals surface area contributed by atoms with Crippen molar-refractivity contribution in [2.24, 2.45) is 40.9 Å². The number of likely N-dealkylation sites (N-methyl/N-ethyl adjacent to an activating group) is 6. The molecule has 0 radical (unpaired) electrons. The molecule has 109 heavy (non-hydrogen) atoms. The molecule has 11 atom stereocenters. The van der Waals surface area contributed by atoms with Gasteiger partial charge in [-0.25, -0.2) is 8.78 Å². The highest BCUT2D eigenvalue weighted by atomic mass is 19.4. The lowest BCUT2D eigenvalue weighted by Crippen LogP contribution is -2.71. The average molecular weight is 1550 g/mol. The van der Waals surface area contributed by atoms with Gasteiger partial charge in [-0.1, -0.05) is 98.6 Å². The van der Waals surface area contributed by atoms with Crippen LogP contribution in [0.3, 0.4) is 0 Å². The van der Waals surface area contributed by atoms with Crippen LogP contribution < -0.4 is 16.0 Å². The van der Waals surface area contributed by atoms with Crippen molar-refractivity contribution < 1.29 is 89.0 Å². The first-order valence-corrected chi connectivity index (χ1v) is 39.6. The minimum atomic E-state index is -5.18. The molecule has 3 aliphatic heterocycles. The molecule has 3 N–H and O–H groups in total. The van der Waals surface area contributed by atoms with E-state index in [0.29, 0.717) is 44.4 Å². The highest BCUT2D eigenvalue weighted by Crippen LogP contribution is 2.50. The zero-order valence-corrected chi connectivity index (χ0v) is 67.1. The van der Waals surface area contributed by atoms with Gasteiger partial charge in [-0.3, -0.25) is 57.5 Å². The van der Waals surface area contributed by atoms with Crippen molar-refractivity contribution in [3.8, 4) is 0 Å². The molecule has 0 aromatic rings. The van der Waals surface area contributed by atoms with Gasteiger partial charge in [0.05, 0.1) is 32.2 Å². The second-order valence-electron chi connectivity index (χ2n) is 33.7. The molecule has 0 aromatic heterocycles. The lowest BCUT2D eigenvalue weighted by molar-refractivity contribution is -0.219. The maximum atomic E-state index is 15.8. The van der Waals surface area contributed by atoms with Crippen LogP contribution in [0.25, 0.3) is 0 Å². The maximum absolute atomic E-state index is 15.8. The van der Waals surface area contributed by atoms with Gasteiger partial charge in [0.25, 0.3) is 0 Å². The Morgan fingerprint density at radius 1 is 0.688 bits per heavy atom. The number of nitrogens with one attached hydrogen (secondary N) is 3. The van der Waals surface area contributed by atoms with Gasteiger partial charge in [0, 0.05) is 89.1 Å². The molecule has 1 spiro atoms. The molecule has 7 aliphatic rings. The van der Waals surface area contributed by atoms with Gasteiger partial charge in [0.15, 0.2) is 0 Å². The summed E-state index contributed by atoms with van der Waals surface area (Å²) in [6.07, 6.45) is -3.92. The molecule has 4 saturated carbocycles. The summed E-state index contributed by atoms with van der Waals surface area (Å²) in [5.74, 6) is -12.9. The van der Waals surface area contributed by atoms with Crippen LogP contribution in [0.2, 0.25) is 0 Å². The van der Waals surface area contributed by atoms with E-state index in [1.54, 1.807) is 19.9 Å². The summed E-state index contributed by atoms with van der Waals surface area (Å²) >= 11 is 0. The van der Waals surface area contributed by atoms with E-state index < -0.39 is 211 Å². The summed E-state index contributed by atoms with van der Waals surface area (Å²) in [5.41, 5.74) is -2.29. The molecule has 2 unspecified atom stereocenters. The lowest BCUT2D eigenvalue weighted by atomic mass is 9.58. The number of rotatable bonds is 16. The summed E-state index contributed by atoms with van der Waals surface area (Å²) in [6.45, 7) is 11.5. The standard InChI is InChI=1S/C78H125F5N12O14/c1-16-23-57-67(99)85-56(36-47(3)4)69(101)93(34-35-108-15)44-64(98)90(12)58-26-19-18-22-33-94(73(58)105)61(39-49-29-27-48(5)28-30-49)72(104)88(10)43-62(96)84-55(32-31-50-37-53(79)65(54(80)38-50)78(81,82)83)70(102)95-42-52(109-17-2)40-59(95)68(100)86-77(45-76(6,7)46-77)75(107)92(14)66(51-24-20-21-25-51)74(106)91(13)60(71(103)87(8)9)41-63(97)89(57)11/h18-19,47-61,65-66H,16-17,20-46H2,1-15H3,(H,84,96)(H,85,99)(H,86,100)/b19-18-/t48?,49?,50?,52-,53?,54?,55+,56+,57+,58+,59+,60+,61+,65?,66+/m1/s1.